The number of aryl methyl sites for hydroxylation is 28. The molecular weight excluding hydrogens is 1540 g/mol. The Kier molecular flexibility index (Phi) is 17.3. The van der Waals surface area contributed by atoms with Gasteiger partial charge in [-0.05, 0) is 766 Å². The van der Waals surface area contributed by atoms with Crippen molar-refractivity contribution in [2.24, 2.45) is 0 Å². The van der Waals surface area contributed by atoms with Crippen LogP contribution >= 0.6 is 0 Å². The maximum absolute atomic E-state index is 2.48. The second-order valence-electron chi connectivity index (χ2n) is 42.5. The van der Waals surface area contributed by atoms with Gasteiger partial charge in [0.2, 0.25) is 0 Å². The Morgan fingerprint density at radius 3 is 0.266 bits per heavy atom. The van der Waals surface area contributed by atoms with Gasteiger partial charge >= 0.3 is 0 Å². The first-order valence-corrected chi connectivity index (χ1v) is 48.0. The van der Waals surface area contributed by atoms with E-state index in [-0.39, 0.29) is 0 Å². The van der Waals surface area contributed by atoms with Gasteiger partial charge < -0.3 is 0 Å². The second kappa shape index (κ2) is 26.5. The number of rotatable bonds is 0. The molecule has 0 atom stereocenters. The first-order chi connectivity index (χ1) is 60.1. The minimum Gasteiger partial charge on any atom is -0.0443 e. The third-order valence-corrected chi connectivity index (χ3v) is 38.6. The monoisotopic (exact) mass is 1670 g/mol. The van der Waals surface area contributed by atoms with Gasteiger partial charge in [0.25, 0.3) is 0 Å². The summed E-state index contributed by atoms with van der Waals surface area (Å²) in [6.45, 7) is 104. The first-order valence-electron chi connectivity index (χ1n) is 48.0. The molecule has 1 aliphatic rings. The molecule has 0 fully saturated rings. The van der Waals surface area contributed by atoms with Gasteiger partial charge in [-0.3, -0.25) is 0 Å². The van der Waals surface area contributed by atoms with Crippen molar-refractivity contribution in [3.05, 3.63) is 245 Å². The Labute approximate surface area is 760 Å². The van der Waals surface area contributed by atoms with E-state index in [1.165, 1.54) is 461 Å². The summed E-state index contributed by atoms with van der Waals surface area (Å²) >= 11 is 0. The van der Waals surface area contributed by atoms with Gasteiger partial charge in [0, 0.05) is 0 Å². The van der Waals surface area contributed by atoms with E-state index in [9.17, 15) is 0 Å². The molecule has 128 heavy (non-hydrogen) atoms. The molecule has 0 amide bonds. The largest absolute Gasteiger partial charge is 0.0443 e. The molecule has 0 saturated carbocycles. The summed E-state index contributed by atoms with van der Waals surface area (Å²) in [5, 5.41) is 53.8. The van der Waals surface area contributed by atoms with Crippen molar-refractivity contribution in [2.45, 2.75) is 305 Å². The fourth-order valence-corrected chi connectivity index (χ4v) is 28.9. The highest BCUT2D eigenvalue weighted by Crippen LogP contribution is 2.64. The first kappa shape index (κ1) is 84.0. The third-order valence-electron chi connectivity index (χ3n) is 38.6. The van der Waals surface area contributed by atoms with Crippen molar-refractivity contribution in [2.75, 3.05) is 0 Å². The van der Waals surface area contributed by atoms with Gasteiger partial charge in [0.05, 0.1) is 0 Å². The Bertz CT molecular complexity index is 8290. The van der Waals surface area contributed by atoms with Gasteiger partial charge in [-0.25, -0.2) is 0 Å². The fourth-order valence-electron chi connectivity index (χ4n) is 28.9. The normalized spacial score (nSPS) is 12.8. The Morgan fingerprint density at radius 1 is 0.0469 bits per heavy atom. The Balaban J connectivity index is 0.000000129. The predicted octanol–water partition coefficient (Wildman–Crippen LogP) is 37.7. The van der Waals surface area contributed by atoms with Crippen molar-refractivity contribution in [1.29, 1.82) is 0 Å². The van der Waals surface area contributed by atoms with Crippen LogP contribution in [-0.4, -0.2) is 0 Å². The van der Waals surface area contributed by atoms with Crippen LogP contribution in [0.1, 0.15) is 245 Å². The summed E-state index contributed by atoms with van der Waals surface area (Å²) in [5.41, 5.74) is 69.9. The molecule has 0 saturated heterocycles. The standard InChI is InChI=1S/C62H60.C40H42.C26H30/c1-21-25(5)41-26(6)22(2)30(10)44-52-38(18)56-48-35(15)36(16)50-58-40(20)54-46-32(12)24(4)28(8)42-27(7)23(3)31(11)45(60(42)46)53(54)39(19)57(58)49-34(14)33(13)47(61(48)62(49)50)55(56)37(17)51(52)43(29(21)9)59(41)44;1-15-19(5)29-20(6)16(2)24(10)32-36-28(14)38-34-26(12)18(4)22(8)30-21(7)17(3)25(11)33(40(30)34)37(38)27(13)35(36)31(23(15)9)39(29)32;1-11-12(2)18(8)23-22(17(11)7)24-19(9)13(3)15(5)21-16(6)14(4)20(10)25(23)26(21)24/h1-20H3;1-14H3;1-10H3. The average Bonchev–Trinajstić information content (AvgIpc) is 1.48. The van der Waals surface area contributed by atoms with E-state index in [1.54, 1.807) is 0 Å². The van der Waals surface area contributed by atoms with Gasteiger partial charge in [-0.2, -0.15) is 0 Å². The zero-order valence-electron chi connectivity index (χ0n) is 86.0. The number of fused-ring (bicyclic) bond motifs is 21. The topological polar surface area (TPSA) is 0 Å². The summed E-state index contributed by atoms with van der Waals surface area (Å²) in [6, 6.07) is 0. The van der Waals surface area contributed by atoms with Gasteiger partial charge in [0.1, 0.15) is 0 Å². The molecule has 0 N–H and O–H groups in total. The lowest BCUT2D eigenvalue weighted by Gasteiger charge is -2.19. The van der Waals surface area contributed by atoms with Crippen molar-refractivity contribution in [1.82, 2.24) is 0 Å². The molecular formula is C128H132. The van der Waals surface area contributed by atoms with Crippen LogP contribution in [0, 0.1) is 305 Å². The Morgan fingerprint density at radius 2 is 0.125 bits per heavy atom. The maximum Gasteiger partial charge on any atom is -0.000793 e. The van der Waals surface area contributed by atoms with E-state index < -0.39 is 0 Å². The summed E-state index contributed by atoms with van der Waals surface area (Å²) in [4.78, 5) is 0. The summed E-state index contributed by atoms with van der Waals surface area (Å²) in [7, 11) is 0. The molecule has 22 aromatic carbocycles. The van der Waals surface area contributed by atoms with Crippen molar-refractivity contribution < 1.29 is 0 Å². The predicted molar refractivity (Wildman–Crippen MR) is 574 cm³/mol. The fraction of sp³-hybridized carbons (Fsp3) is 0.344. The van der Waals surface area contributed by atoms with Gasteiger partial charge in [-0.1, -0.05) is 0 Å². The van der Waals surface area contributed by atoms with E-state index in [4.69, 9.17) is 0 Å². The van der Waals surface area contributed by atoms with Crippen LogP contribution in [0.4, 0.5) is 0 Å². The van der Waals surface area contributed by atoms with Crippen LogP contribution < -0.4 is 0 Å². The molecule has 0 aromatic heterocycles. The van der Waals surface area contributed by atoms with E-state index in [2.05, 4.69) is 305 Å². The summed E-state index contributed by atoms with van der Waals surface area (Å²) in [6.07, 6.45) is 0. The molecule has 644 valence electrons. The van der Waals surface area contributed by atoms with E-state index in [0.29, 0.717) is 0 Å². The molecule has 0 spiro atoms. The van der Waals surface area contributed by atoms with E-state index in [1.807, 2.05) is 0 Å². The molecule has 0 radical (unpaired) electrons. The van der Waals surface area contributed by atoms with Crippen LogP contribution in [0.15, 0.2) is 0 Å². The molecule has 23 rings (SSSR count). The molecule has 0 nitrogen and oxygen atoms in total. The van der Waals surface area contributed by atoms with E-state index >= 15 is 0 Å². The lowest BCUT2D eigenvalue weighted by molar-refractivity contribution is 1.22. The van der Waals surface area contributed by atoms with Crippen molar-refractivity contribution in [3.63, 3.8) is 0 Å². The Hall–Kier alpha value is -10.9. The lowest BCUT2D eigenvalue weighted by atomic mass is 9.85. The molecule has 0 heterocycles. The molecule has 0 aliphatic heterocycles. The molecule has 0 bridgehead atoms. The minimum absolute atomic E-state index is 1.44. The van der Waals surface area contributed by atoms with Crippen LogP contribution in [0.5, 0.6) is 0 Å². The highest BCUT2D eigenvalue weighted by molar-refractivity contribution is 6.50. The highest BCUT2D eigenvalue weighted by atomic mass is 14.4. The highest BCUT2D eigenvalue weighted by Gasteiger charge is 2.39. The third kappa shape index (κ3) is 9.13. The van der Waals surface area contributed by atoms with Crippen LogP contribution in [-0.2, 0) is 0 Å². The SMILES string of the molecule is Cc1c(C)c(C)c2c(c1C)-c1c(C)c(C)c(C)c3c(C)c(C)c(C)c-2c13.Cc1c(C)c2c(C)c(C)c(C)c3c4c(C)c5c(c(C)c4c(c1C)c23)c1c(C)c(C)c(C)c2c(C)c(C)c(C)c5c21.Cc1c(C)c2c(C)c(C)c(C)c3c4c(C)c5c(c(C)c4c(c1C)c23)c1c(C)c(C)c2c3c(C)c4c(c(C)c3c3c(C)c(C)c5c1c23)c1c(C)c(C)c(C)c2c(C)c(C)c(C)c4c21. The smallest absolute Gasteiger partial charge is 0.000793 e. The van der Waals surface area contributed by atoms with Gasteiger partial charge in [-0.15, -0.1) is 0 Å². The average molecular weight is 1670 g/mol. The molecule has 0 heteroatoms. The summed E-state index contributed by atoms with van der Waals surface area (Å²) < 4.78 is 0. The van der Waals surface area contributed by atoms with E-state index in [0.717, 1.165) is 0 Å². The zero-order chi connectivity index (χ0) is 92.5. The minimum atomic E-state index is 1.44. The molecule has 22 aromatic rings. The molecule has 0 unspecified atom stereocenters. The van der Waals surface area contributed by atoms with Crippen molar-refractivity contribution >= 4 is 194 Å². The zero-order valence-corrected chi connectivity index (χ0v) is 86.0. The number of benzene rings is 16. The summed E-state index contributed by atoms with van der Waals surface area (Å²) in [5.74, 6) is 0. The second-order valence-corrected chi connectivity index (χ2v) is 42.5. The number of hydrogen-bond acceptors (Lipinski definition) is 0. The van der Waals surface area contributed by atoms with Crippen LogP contribution in [0.2, 0.25) is 0 Å². The molecule has 1 aliphatic carbocycles. The number of hydrogen-bond donors (Lipinski definition) is 0. The van der Waals surface area contributed by atoms with Crippen molar-refractivity contribution in [3.8, 4) is 22.3 Å². The van der Waals surface area contributed by atoms with Crippen LogP contribution in [0.25, 0.3) is 216 Å². The lowest BCUT2D eigenvalue weighted by Crippen LogP contribution is -1.98. The van der Waals surface area contributed by atoms with Crippen LogP contribution in [0.3, 0.4) is 0 Å². The van der Waals surface area contributed by atoms with Gasteiger partial charge in [0.15, 0.2) is 0 Å². The maximum atomic E-state index is 2.48. The quantitative estimate of drug-likeness (QED) is 0.142.